The minimum absolute atomic E-state index is 0.0202. The number of aliphatic hydroxyl groups is 3. The summed E-state index contributed by atoms with van der Waals surface area (Å²) in [5, 5.41) is 54.8. The van der Waals surface area contributed by atoms with Gasteiger partial charge in [0, 0.05) is 11.5 Å². The van der Waals surface area contributed by atoms with Crippen molar-refractivity contribution in [2.75, 3.05) is 14.1 Å². The first-order chi connectivity index (χ1) is 19.7. The first kappa shape index (κ1) is 28.8. The van der Waals surface area contributed by atoms with Crippen LogP contribution in [0.25, 0.3) is 5.76 Å². The van der Waals surface area contributed by atoms with Crippen LogP contribution in [0, 0.1) is 11.8 Å². The van der Waals surface area contributed by atoms with E-state index in [4.69, 9.17) is 10.5 Å². The van der Waals surface area contributed by atoms with Gasteiger partial charge in [0.2, 0.25) is 5.78 Å². The lowest BCUT2D eigenvalue weighted by Gasteiger charge is -2.54. The van der Waals surface area contributed by atoms with Gasteiger partial charge in [0.05, 0.1) is 23.9 Å². The lowest BCUT2D eigenvalue weighted by atomic mass is 9.54. The third-order valence-electron chi connectivity index (χ3n) is 8.52. The summed E-state index contributed by atoms with van der Waals surface area (Å²) < 4.78 is 5.96. The molecule has 1 saturated carbocycles. The van der Waals surface area contributed by atoms with E-state index in [-0.39, 0.29) is 23.5 Å². The van der Waals surface area contributed by atoms with Crippen LogP contribution < -0.4 is 5.73 Å². The largest absolute Gasteiger partial charge is 0.508 e. The Labute approximate surface area is 239 Å². The third-order valence-corrected chi connectivity index (χ3v) is 8.52. The summed E-state index contributed by atoms with van der Waals surface area (Å²) in [5.74, 6) is -10.3. The van der Waals surface area contributed by atoms with E-state index in [0.29, 0.717) is 11.1 Å². The summed E-state index contributed by atoms with van der Waals surface area (Å²) in [6, 6.07) is 8.73. The van der Waals surface area contributed by atoms with E-state index >= 15 is 0 Å². The van der Waals surface area contributed by atoms with Crippen molar-refractivity contribution in [1.82, 2.24) is 4.90 Å². The Balaban J connectivity index is 1.76. The number of aromatic hydroxyl groups is 2. The lowest BCUT2D eigenvalue weighted by molar-refractivity contribution is -0.185. The SMILES string of the molecule is C[C@H]1c2cccc(O)c2C(O)=C2C(=O)[C@]3(O)C(O)=C(C(N)=O)C(=O)[C@@H](N(C)C)[C@@H]3[C@@H](OC(=O)Cc3ccc(O)cc3)[C@@H]21. The molecule has 2 aromatic carbocycles. The molecule has 1 fully saturated rings. The average molecular weight is 579 g/mol. The van der Waals surface area contributed by atoms with Crippen LogP contribution in [0.5, 0.6) is 11.5 Å². The number of benzene rings is 2. The molecule has 1 amide bonds. The summed E-state index contributed by atoms with van der Waals surface area (Å²) in [4.78, 5) is 54.8. The van der Waals surface area contributed by atoms with Gasteiger partial charge in [0.25, 0.3) is 5.91 Å². The molecular formula is C30H30N2O10. The van der Waals surface area contributed by atoms with E-state index in [1.54, 1.807) is 13.0 Å². The zero-order valence-corrected chi connectivity index (χ0v) is 22.9. The quantitative estimate of drug-likeness (QED) is 0.218. The van der Waals surface area contributed by atoms with Crippen molar-refractivity contribution < 1.29 is 49.4 Å². The second kappa shape index (κ2) is 10.00. The Morgan fingerprint density at radius 3 is 2.26 bits per heavy atom. The van der Waals surface area contributed by atoms with E-state index < -0.39 is 81.6 Å². The molecule has 12 heteroatoms. The molecule has 0 heterocycles. The summed E-state index contributed by atoms with van der Waals surface area (Å²) in [7, 11) is 2.90. The van der Waals surface area contributed by atoms with Crippen molar-refractivity contribution in [2.24, 2.45) is 17.6 Å². The Bertz CT molecular complexity index is 1590. The molecule has 0 aliphatic heterocycles. The molecular weight excluding hydrogens is 548 g/mol. The highest BCUT2D eigenvalue weighted by Crippen LogP contribution is 2.56. The van der Waals surface area contributed by atoms with E-state index in [1.807, 2.05) is 0 Å². The maximum Gasteiger partial charge on any atom is 0.310 e. The number of amides is 1. The number of hydrogen-bond acceptors (Lipinski definition) is 11. The number of rotatable bonds is 5. The number of fused-ring (bicyclic) bond motifs is 3. The van der Waals surface area contributed by atoms with Crippen molar-refractivity contribution in [3.63, 3.8) is 0 Å². The van der Waals surface area contributed by atoms with Gasteiger partial charge in [-0.25, -0.2) is 0 Å². The number of primary amides is 1. The van der Waals surface area contributed by atoms with Crippen molar-refractivity contribution in [2.45, 2.75) is 37.0 Å². The van der Waals surface area contributed by atoms with Crippen LogP contribution in [0.4, 0.5) is 0 Å². The fourth-order valence-electron chi connectivity index (χ4n) is 6.66. The normalized spacial score (nSPS) is 28.7. The van der Waals surface area contributed by atoms with Gasteiger partial charge in [-0.3, -0.25) is 24.1 Å². The van der Waals surface area contributed by atoms with Gasteiger partial charge < -0.3 is 36.0 Å². The Morgan fingerprint density at radius 2 is 1.67 bits per heavy atom. The summed E-state index contributed by atoms with van der Waals surface area (Å²) in [6.07, 6.45) is -1.80. The predicted octanol–water partition coefficient (Wildman–Crippen LogP) is 0.995. The number of Topliss-reactive ketones (excluding diaryl/α,β-unsaturated/α-hetero) is 2. The molecule has 0 bridgehead atoms. The maximum absolute atomic E-state index is 14.2. The smallest absolute Gasteiger partial charge is 0.310 e. The van der Waals surface area contributed by atoms with E-state index in [2.05, 4.69) is 0 Å². The van der Waals surface area contributed by atoms with Crippen LogP contribution in [-0.2, 0) is 30.3 Å². The van der Waals surface area contributed by atoms with E-state index in [0.717, 1.165) is 0 Å². The summed E-state index contributed by atoms with van der Waals surface area (Å²) >= 11 is 0. The van der Waals surface area contributed by atoms with Crippen molar-refractivity contribution >= 4 is 29.2 Å². The van der Waals surface area contributed by atoms with Crippen molar-refractivity contribution in [3.8, 4) is 11.5 Å². The molecule has 42 heavy (non-hydrogen) atoms. The molecule has 0 spiro atoms. The Morgan fingerprint density at radius 1 is 1.02 bits per heavy atom. The second-order valence-corrected chi connectivity index (χ2v) is 11.1. The zero-order valence-electron chi connectivity index (χ0n) is 22.9. The standard InChI is InChI=1S/C30H30N2O10/c1-12-15-5-4-6-16(34)19(15)24(36)20-18(12)26(42-17(35)11-13-7-9-14(33)10-8-13)22-23(32(2)3)25(37)21(29(31)40)28(39)30(22,41)27(20)38/h4-10,12,18,22-23,26,33-34,36,39,41H,11H2,1-3H3,(H2,31,40)/t12-,18+,22+,23-,26-,30-/m0/s1. The Hall–Kier alpha value is -4.68. The number of nitrogens with zero attached hydrogens (tertiary/aromatic N) is 1. The lowest BCUT2D eigenvalue weighted by Crippen LogP contribution is -2.71. The number of phenolic OH excluding ortho intramolecular Hbond substituents is 2. The van der Waals surface area contributed by atoms with Crippen LogP contribution in [-0.4, -0.2) is 85.7 Å². The topological polar surface area (TPSA) is 208 Å². The number of likely N-dealkylation sites (N-methyl/N-ethyl adjacent to an activating group) is 1. The average Bonchev–Trinajstić information content (AvgIpc) is 2.91. The molecule has 5 rings (SSSR count). The molecule has 7 N–H and O–H groups in total. The first-order valence-electron chi connectivity index (χ1n) is 13.2. The van der Waals surface area contributed by atoms with Gasteiger partial charge in [-0.15, -0.1) is 0 Å². The van der Waals surface area contributed by atoms with Crippen LogP contribution >= 0.6 is 0 Å². The van der Waals surface area contributed by atoms with Crippen molar-refractivity contribution in [1.29, 1.82) is 0 Å². The van der Waals surface area contributed by atoms with Crippen LogP contribution in [0.2, 0.25) is 0 Å². The highest BCUT2D eigenvalue weighted by atomic mass is 16.5. The van der Waals surface area contributed by atoms with Crippen molar-refractivity contribution in [3.05, 3.63) is 76.1 Å². The van der Waals surface area contributed by atoms with E-state index in [9.17, 15) is 44.7 Å². The predicted molar refractivity (Wildman–Crippen MR) is 146 cm³/mol. The van der Waals surface area contributed by atoms with Gasteiger partial charge in [0.15, 0.2) is 11.4 Å². The second-order valence-electron chi connectivity index (χ2n) is 11.1. The van der Waals surface area contributed by atoms with Gasteiger partial charge in [-0.2, -0.15) is 0 Å². The third kappa shape index (κ3) is 4.05. The number of ether oxygens (including phenoxy) is 1. The number of esters is 1. The van der Waals surface area contributed by atoms with Crippen LogP contribution in [0.15, 0.2) is 59.4 Å². The minimum Gasteiger partial charge on any atom is -0.508 e. The number of aliphatic hydroxyl groups excluding tert-OH is 2. The maximum atomic E-state index is 14.2. The zero-order chi connectivity index (χ0) is 30.8. The monoisotopic (exact) mass is 578 g/mol. The highest BCUT2D eigenvalue weighted by molar-refractivity contribution is 6.24. The van der Waals surface area contributed by atoms with Crippen LogP contribution in [0.1, 0.15) is 29.5 Å². The number of nitrogens with two attached hydrogens (primary N) is 1. The molecule has 0 saturated heterocycles. The van der Waals surface area contributed by atoms with E-state index in [1.165, 1.54) is 55.4 Å². The molecule has 3 aliphatic carbocycles. The first-order valence-corrected chi connectivity index (χ1v) is 13.2. The molecule has 3 aliphatic rings. The molecule has 0 radical (unpaired) electrons. The summed E-state index contributed by atoms with van der Waals surface area (Å²) in [5.41, 5.74) is 1.76. The number of carbonyl (C=O) groups excluding carboxylic acids is 4. The number of carbonyl (C=O) groups is 4. The number of hydrogen-bond donors (Lipinski definition) is 6. The number of ketones is 2. The minimum atomic E-state index is -3.02. The number of phenols is 2. The van der Waals surface area contributed by atoms with Gasteiger partial charge >= 0.3 is 5.97 Å². The molecule has 0 unspecified atom stereocenters. The Kier molecular flexibility index (Phi) is 6.86. The molecule has 220 valence electrons. The molecule has 12 nitrogen and oxygen atoms in total. The van der Waals surface area contributed by atoms with Gasteiger partial charge in [-0.1, -0.05) is 31.2 Å². The molecule has 0 aromatic heterocycles. The highest BCUT2D eigenvalue weighted by Gasteiger charge is 2.69. The fraction of sp³-hybridized carbons (Fsp3) is 0.333. The van der Waals surface area contributed by atoms with Gasteiger partial charge in [-0.05, 0) is 49.3 Å². The summed E-state index contributed by atoms with van der Waals surface area (Å²) in [6.45, 7) is 1.67. The van der Waals surface area contributed by atoms with Crippen LogP contribution in [0.3, 0.4) is 0 Å². The fourth-order valence-corrected chi connectivity index (χ4v) is 6.66. The molecule has 2 aromatic rings. The molecule has 6 atom stereocenters. The van der Waals surface area contributed by atoms with Gasteiger partial charge in [0.1, 0.15) is 34.7 Å².